The Labute approximate surface area is 78.0 Å². The highest BCUT2D eigenvalue weighted by molar-refractivity contribution is 7.93. The van der Waals surface area contributed by atoms with Gasteiger partial charge in [-0.1, -0.05) is 30.9 Å². The average Bonchev–Trinajstić information content (AvgIpc) is 2.05. The van der Waals surface area contributed by atoms with Crippen molar-refractivity contribution in [2.45, 2.75) is 6.92 Å². The van der Waals surface area contributed by atoms with Crippen molar-refractivity contribution >= 4 is 12.1 Å². The van der Waals surface area contributed by atoms with Gasteiger partial charge in [0.25, 0.3) is 0 Å². The summed E-state index contributed by atoms with van der Waals surface area (Å²) in [5, 5.41) is 8.62. The van der Waals surface area contributed by atoms with Crippen LogP contribution in [0.25, 0.3) is 0 Å². The summed E-state index contributed by atoms with van der Waals surface area (Å²) in [5.74, 6) is 0. The minimum Gasteiger partial charge on any atom is -0.392 e. The Bertz CT molecular complexity index is 153. The summed E-state index contributed by atoms with van der Waals surface area (Å²) in [5.41, 5.74) is 0.882. The number of allylic oxidation sites excluding steroid dienone is 3. The Kier molecular flexibility index (Phi) is 15.3. The van der Waals surface area contributed by atoms with Crippen molar-refractivity contribution in [3.8, 4) is 0 Å². The molecule has 0 spiro atoms. The van der Waals surface area contributed by atoms with Crippen LogP contribution in [0.5, 0.6) is 0 Å². The van der Waals surface area contributed by atoms with E-state index in [4.69, 9.17) is 5.11 Å². The van der Waals surface area contributed by atoms with Gasteiger partial charge < -0.3 is 5.11 Å². The largest absolute Gasteiger partial charge is 0.392 e. The van der Waals surface area contributed by atoms with Gasteiger partial charge in [0, 0.05) is 18.4 Å². The molecule has 1 N–H and O–H groups in total. The Morgan fingerprint density at radius 2 is 2.17 bits per heavy atom. The van der Waals surface area contributed by atoms with Crippen LogP contribution in [0.3, 0.4) is 0 Å². The quantitative estimate of drug-likeness (QED) is 0.690. The van der Waals surface area contributed by atoms with Crippen LogP contribution in [0.2, 0.25) is 0 Å². The zero-order chi connectivity index (χ0) is 9.82. The highest BCUT2D eigenvalue weighted by Gasteiger charge is 1.82. The number of rotatable bonds is 3. The first kappa shape index (κ1) is 14.0. The van der Waals surface area contributed by atoms with Crippen LogP contribution in [-0.2, 0) is 0 Å². The van der Waals surface area contributed by atoms with Crippen LogP contribution >= 0.6 is 12.1 Å². The lowest BCUT2D eigenvalue weighted by molar-refractivity contribution is 0.335. The smallest absolute Gasteiger partial charge is 0.0681 e. The fourth-order valence-electron chi connectivity index (χ4n) is 0.526. The van der Waals surface area contributed by atoms with E-state index in [1.54, 1.807) is 12.2 Å². The number of aliphatic hydroxyl groups is 1. The van der Waals surface area contributed by atoms with E-state index < -0.39 is 0 Å². The number of hydrogen-bond acceptors (Lipinski definition) is 2. The second kappa shape index (κ2) is 13.1. The number of aliphatic hydroxyl groups excluding tert-OH is 1. The molecule has 0 atom stereocenters. The molecule has 0 heterocycles. The van der Waals surface area contributed by atoms with Crippen molar-refractivity contribution in [1.29, 1.82) is 0 Å². The predicted octanol–water partition coefficient (Wildman–Crippen LogP) is 2.90. The van der Waals surface area contributed by atoms with Crippen molar-refractivity contribution in [3.05, 3.63) is 36.5 Å². The Balaban J connectivity index is 0. The fraction of sp³-hybridized carbons (Fsp3) is 0.333. The SMILES string of the molecule is C=C/C=C(\C=C/C)CO.CSF. The van der Waals surface area contributed by atoms with Crippen LogP contribution in [0, 0.1) is 0 Å². The van der Waals surface area contributed by atoms with E-state index in [1.807, 2.05) is 19.1 Å². The van der Waals surface area contributed by atoms with Crippen molar-refractivity contribution in [3.63, 3.8) is 0 Å². The van der Waals surface area contributed by atoms with E-state index >= 15 is 0 Å². The highest BCUT2D eigenvalue weighted by Crippen LogP contribution is 1.94. The molecule has 0 saturated carbocycles. The zero-order valence-electron chi connectivity index (χ0n) is 7.46. The van der Waals surface area contributed by atoms with E-state index in [-0.39, 0.29) is 18.8 Å². The molecule has 0 amide bonds. The molecule has 70 valence electrons. The van der Waals surface area contributed by atoms with Gasteiger partial charge in [-0.15, -0.1) is 0 Å². The van der Waals surface area contributed by atoms with Crippen LogP contribution < -0.4 is 0 Å². The molecule has 0 aromatic carbocycles. The summed E-state index contributed by atoms with van der Waals surface area (Å²) in [7, 11) is 0. The van der Waals surface area contributed by atoms with E-state index in [1.165, 1.54) is 6.26 Å². The molecule has 0 saturated heterocycles. The zero-order valence-corrected chi connectivity index (χ0v) is 8.27. The summed E-state index contributed by atoms with van der Waals surface area (Å²) in [4.78, 5) is 0. The Hall–Kier alpha value is -0.540. The molecule has 0 aromatic heterocycles. The maximum absolute atomic E-state index is 10.2. The third-order valence-electron chi connectivity index (χ3n) is 0.895. The molecule has 0 bridgehead atoms. The standard InChI is InChI=1S/C8H12O.CH3FS/c1-3-5-8(7-9)6-4-2;1-3-2/h3-6,9H,1,7H2,2H3;1H3/b6-4-,8-5+;. The summed E-state index contributed by atoms with van der Waals surface area (Å²) in [6.45, 7) is 5.50. The van der Waals surface area contributed by atoms with E-state index in [9.17, 15) is 3.89 Å². The summed E-state index contributed by atoms with van der Waals surface area (Å²) in [6, 6.07) is 0. The first-order chi connectivity index (χ1) is 5.76. The van der Waals surface area contributed by atoms with Crippen LogP contribution in [-0.4, -0.2) is 18.0 Å². The van der Waals surface area contributed by atoms with Gasteiger partial charge in [0.2, 0.25) is 0 Å². The summed E-state index contributed by atoms with van der Waals surface area (Å²) < 4.78 is 10.2. The number of halogens is 1. The molecule has 0 radical (unpaired) electrons. The van der Waals surface area contributed by atoms with Crippen molar-refractivity contribution in [2.75, 3.05) is 12.9 Å². The minimum atomic E-state index is 0.0797. The van der Waals surface area contributed by atoms with Crippen molar-refractivity contribution in [1.82, 2.24) is 0 Å². The first-order valence-corrected chi connectivity index (χ1v) is 4.59. The monoisotopic (exact) mass is 190 g/mol. The molecule has 0 aromatic rings. The van der Waals surface area contributed by atoms with E-state index in [0.29, 0.717) is 0 Å². The van der Waals surface area contributed by atoms with Gasteiger partial charge in [-0.2, -0.15) is 3.89 Å². The topological polar surface area (TPSA) is 20.2 Å². The maximum Gasteiger partial charge on any atom is 0.0681 e. The van der Waals surface area contributed by atoms with Crippen LogP contribution in [0.15, 0.2) is 36.5 Å². The van der Waals surface area contributed by atoms with Crippen molar-refractivity contribution < 1.29 is 8.99 Å². The molecule has 0 unspecified atom stereocenters. The molecule has 0 rings (SSSR count). The van der Waals surface area contributed by atoms with E-state index in [0.717, 1.165) is 5.57 Å². The van der Waals surface area contributed by atoms with Gasteiger partial charge in [0.1, 0.15) is 0 Å². The average molecular weight is 190 g/mol. The molecule has 0 aliphatic heterocycles. The molecule has 3 heteroatoms. The Morgan fingerprint density at radius 3 is 2.42 bits per heavy atom. The second-order valence-electron chi connectivity index (χ2n) is 1.79. The van der Waals surface area contributed by atoms with Gasteiger partial charge in [-0.25, -0.2) is 0 Å². The maximum atomic E-state index is 10.2. The van der Waals surface area contributed by atoms with Crippen molar-refractivity contribution in [2.24, 2.45) is 0 Å². The minimum absolute atomic E-state index is 0.0797. The predicted molar refractivity (Wildman–Crippen MR) is 54.8 cm³/mol. The van der Waals surface area contributed by atoms with Gasteiger partial charge >= 0.3 is 0 Å². The van der Waals surface area contributed by atoms with Gasteiger partial charge in [0.05, 0.1) is 6.61 Å². The third-order valence-corrected chi connectivity index (χ3v) is 0.895. The molecule has 1 nitrogen and oxygen atoms in total. The first-order valence-electron chi connectivity index (χ1n) is 3.46. The highest BCUT2D eigenvalue weighted by atomic mass is 32.2. The van der Waals surface area contributed by atoms with Gasteiger partial charge in [0.15, 0.2) is 0 Å². The normalized spacial score (nSPS) is 10.8. The molecular formula is C9H15FOS. The lowest BCUT2D eigenvalue weighted by atomic mass is 10.2. The van der Waals surface area contributed by atoms with Gasteiger partial charge in [-0.3, -0.25) is 0 Å². The fourth-order valence-corrected chi connectivity index (χ4v) is 0.526. The second-order valence-corrected chi connectivity index (χ2v) is 2.10. The van der Waals surface area contributed by atoms with Crippen LogP contribution in [0.1, 0.15) is 6.92 Å². The van der Waals surface area contributed by atoms with Crippen LogP contribution in [0.4, 0.5) is 3.89 Å². The summed E-state index contributed by atoms with van der Waals surface area (Å²) >= 11 is 0.250. The lowest BCUT2D eigenvalue weighted by Gasteiger charge is -1.90. The molecular weight excluding hydrogens is 175 g/mol. The van der Waals surface area contributed by atoms with Gasteiger partial charge in [-0.05, 0) is 12.5 Å². The third kappa shape index (κ3) is 12.2. The molecule has 0 aliphatic rings. The van der Waals surface area contributed by atoms with E-state index in [2.05, 4.69) is 6.58 Å². The molecule has 0 fully saturated rings. The Morgan fingerprint density at radius 1 is 1.67 bits per heavy atom. The number of hydrogen-bond donors (Lipinski definition) is 1. The molecule has 0 aliphatic carbocycles. The lowest BCUT2D eigenvalue weighted by Crippen LogP contribution is -1.83. The molecule has 12 heavy (non-hydrogen) atoms. The summed E-state index contributed by atoms with van der Waals surface area (Å²) in [6.07, 6.45) is 8.54.